The number of aryl methyl sites for hydroxylation is 1. The molecule has 4 rings (SSSR count). The van der Waals surface area contributed by atoms with Crippen LogP contribution in [0.2, 0.25) is 0 Å². The van der Waals surface area contributed by atoms with Crippen molar-refractivity contribution in [3.63, 3.8) is 0 Å². The molecule has 0 aromatic heterocycles. The summed E-state index contributed by atoms with van der Waals surface area (Å²) in [7, 11) is 0. The van der Waals surface area contributed by atoms with Crippen LogP contribution in [-0.2, 0) is 11.2 Å². The molecule has 0 amide bonds. The van der Waals surface area contributed by atoms with E-state index in [-0.39, 0.29) is 6.10 Å². The van der Waals surface area contributed by atoms with E-state index in [1.807, 2.05) is 0 Å². The Balaban J connectivity index is 1.08. The highest BCUT2D eigenvalue weighted by molar-refractivity contribution is 5.17. The van der Waals surface area contributed by atoms with Gasteiger partial charge in [-0.1, -0.05) is 50.8 Å². The van der Waals surface area contributed by atoms with Crippen LogP contribution in [0.4, 0.5) is 17.6 Å². The zero-order valence-electron chi connectivity index (χ0n) is 22.6. The molecule has 0 spiro atoms. The highest BCUT2D eigenvalue weighted by Crippen LogP contribution is 2.42. The fourth-order valence-corrected chi connectivity index (χ4v) is 6.75. The zero-order chi connectivity index (χ0) is 26.3. The van der Waals surface area contributed by atoms with E-state index in [1.54, 1.807) is 6.07 Å². The maximum Gasteiger partial charge on any atom is 0.358 e. The van der Waals surface area contributed by atoms with E-state index < -0.39 is 23.7 Å². The molecule has 37 heavy (non-hydrogen) atoms. The molecule has 208 valence electrons. The molecule has 0 N–H and O–H groups in total. The van der Waals surface area contributed by atoms with Crippen LogP contribution in [0.3, 0.4) is 0 Å². The van der Waals surface area contributed by atoms with Crippen molar-refractivity contribution in [2.24, 2.45) is 29.6 Å². The second-order valence-corrected chi connectivity index (χ2v) is 12.3. The predicted octanol–water partition coefficient (Wildman–Crippen LogP) is 10.0. The van der Waals surface area contributed by atoms with Crippen molar-refractivity contribution in [3.05, 3.63) is 47.5 Å². The molecule has 0 aliphatic heterocycles. The van der Waals surface area contributed by atoms with Gasteiger partial charge in [0.05, 0.1) is 12.0 Å². The number of unbranched alkanes of at least 4 members (excludes halogenated alkanes) is 1. The molecular formula is C32H46F4O. The normalized spacial score (nSPS) is 31.6. The van der Waals surface area contributed by atoms with Gasteiger partial charge in [-0.3, -0.25) is 0 Å². The van der Waals surface area contributed by atoms with E-state index >= 15 is 0 Å². The van der Waals surface area contributed by atoms with Crippen molar-refractivity contribution in [2.75, 3.05) is 0 Å². The number of halogens is 4. The SMILES string of the molecule is CC1CCC(C(F)(F)OC2CCC(/C=C/C3CCC(CCCCc4ccc(F)c(F)c4)CC3)CC2)CC1. The number of rotatable bonds is 10. The molecule has 0 atom stereocenters. The number of hydrogen-bond donors (Lipinski definition) is 0. The standard InChI is InChI=1S/C32H46F4O/c1-23-6-17-28(18-7-23)32(35,36)37-29-19-14-26(15-20-29)13-12-25-10-8-24(9-11-25)4-2-3-5-27-16-21-30(33)31(34)22-27/h12-13,16,21-26,28-29H,2-11,14-15,17-20H2,1H3/b13-12+. The highest BCUT2D eigenvalue weighted by Gasteiger charge is 2.44. The van der Waals surface area contributed by atoms with Crippen molar-refractivity contribution in [3.8, 4) is 0 Å². The molecule has 1 aromatic carbocycles. The van der Waals surface area contributed by atoms with E-state index in [4.69, 9.17) is 4.74 Å². The van der Waals surface area contributed by atoms with Crippen LogP contribution < -0.4 is 0 Å². The van der Waals surface area contributed by atoms with Crippen LogP contribution >= 0.6 is 0 Å². The van der Waals surface area contributed by atoms with Crippen LogP contribution in [0, 0.1) is 41.2 Å². The van der Waals surface area contributed by atoms with Crippen LogP contribution in [-0.4, -0.2) is 12.2 Å². The van der Waals surface area contributed by atoms with Crippen LogP contribution in [0.1, 0.15) is 109 Å². The highest BCUT2D eigenvalue weighted by atomic mass is 19.3. The van der Waals surface area contributed by atoms with Gasteiger partial charge in [0.25, 0.3) is 0 Å². The summed E-state index contributed by atoms with van der Waals surface area (Å²) in [6.45, 7) is 2.15. The third-order valence-electron chi connectivity index (χ3n) is 9.39. The summed E-state index contributed by atoms with van der Waals surface area (Å²) in [5.41, 5.74) is 0.876. The van der Waals surface area contributed by atoms with Crippen molar-refractivity contribution in [2.45, 2.75) is 122 Å². The van der Waals surface area contributed by atoms with Gasteiger partial charge < -0.3 is 4.74 Å². The van der Waals surface area contributed by atoms with E-state index in [9.17, 15) is 17.6 Å². The molecule has 0 unspecified atom stereocenters. The molecule has 3 aliphatic rings. The number of alkyl halides is 2. The van der Waals surface area contributed by atoms with Gasteiger partial charge in [-0.25, -0.2) is 8.78 Å². The molecule has 1 nitrogen and oxygen atoms in total. The molecule has 1 aromatic rings. The molecule has 3 saturated carbocycles. The Morgan fingerprint density at radius 3 is 2.03 bits per heavy atom. The van der Waals surface area contributed by atoms with Crippen molar-refractivity contribution < 1.29 is 22.3 Å². The van der Waals surface area contributed by atoms with Crippen LogP contribution in [0.25, 0.3) is 0 Å². The zero-order valence-corrected chi connectivity index (χ0v) is 22.6. The lowest BCUT2D eigenvalue weighted by molar-refractivity contribution is -0.301. The summed E-state index contributed by atoms with van der Waals surface area (Å²) >= 11 is 0. The van der Waals surface area contributed by atoms with Gasteiger partial charge in [0, 0.05) is 0 Å². The Morgan fingerprint density at radius 1 is 0.784 bits per heavy atom. The quantitative estimate of drug-likeness (QED) is 0.169. The van der Waals surface area contributed by atoms with Crippen molar-refractivity contribution >= 4 is 0 Å². The smallest absolute Gasteiger partial charge is 0.317 e. The fourth-order valence-electron chi connectivity index (χ4n) is 6.75. The lowest BCUT2D eigenvalue weighted by Gasteiger charge is -2.36. The molecular weight excluding hydrogens is 476 g/mol. The van der Waals surface area contributed by atoms with E-state index in [2.05, 4.69) is 19.1 Å². The summed E-state index contributed by atoms with van der Waals surface area (Å²) in [5.74, 6) is 0.351. The van der Waals surface area contributed by atoms with E-state index in [1.165, 1.54) is 44.2 Å². The monoisotopic (exact) mass is 522 g/mol. The number of benzene rings is 1. The average Bonchev–Trinajstić information content (AvgIpc) is 2.89. The van der Waals surface area contributed by atoms with Gasteiger partial charge in [-0.2, -0.15) is 8.78 Å². The number of hydrogen-bond acceptors (Lipinski definition) is 1. The summed E-state index contributed by atoms with van der Waals surface area (Å²) in [5, 5.41) is 0. The maximum absolute atomic E-state index is 14.7. The van der Waals surface area contributed by atoms with Crippen molar-refractivity contribution in [1.29, 1.82) is 0 Å². The predicted molar refractivity (Wildman–Crippen MR) is 141 cm³/mol. The molecule has 3 aliphatic carbocycles. The second kappa shape index (κ2) is 13.6. The van der Waals surface area contributed by atoms with Gasteiger partial charge in [-0.05, 0) is 118 Å². The summed E-state index contributed by atoms with van der Waals surface area (Å²) in [4.78, 5) is 0. The Hall–Kier alpha value is -1.36. The second-order valence-electron chi connectivity index (χ2n) is 12.3. The fraction of sp³-hybridized carbons (Fsp3) is 0.750. The van der Waals surface area contributed by atoms with Gasteiger partial charge in [-0.15, -0.1) is 0 Å². The maximum atomic E-state index is 14.7. The van der Waals surface area contributed by atoms with E-state index in [0.29, 0.717) is 30.6 Å². The summed E-state index contributed by atoms with van der Waals surface area (Å²) in [6, 6.07) is 4.22. The van der Waals surface area contributed by atoms with Crippen LogP contribution in [0.5, 0.6) is 0 Å². The molecule has 0 saturated heterocycles. The Kier molecular flexibility index (Phi) is 10.5. The minimum atomic E-state index is -2.97. The first-order chi connectivity index (χ1) is 17.8. The van der Waals surface area contributed by atoms with Gasteiger partial charge in [0.2, 0.25) is 0 Å². The minimum absolute atomic E-state index is 0.295. The van der Waals surface area contributed by atoms with Crippen molar-refractivity contribution in [1.82, 2.24) is 0 Å². The Morgan fingerprint density at radius 2 is 1.41 bits per heavy atom. The Labute approximate surface area is 221 Å². The van der Waals surface area contributed by atoms with Gasteiger partial charge >= 0.3 is 6.11 Å². The third kappa shape index (κ3) is 8.83. The summed E-state index contributed by atoms with van der Waals surface area (Å²) in [6.07, 6.45) is 17.0. The third-order valence-corrected chi connectivity index (χ3v) is 9.39. The molecule has 5 heteroatoms. The average molecular weight is 523 g/mol. The van der Waals surface area contributed by atoms with Gasteiger partial charge in [0.15, 0.2) is 11.6 Å². The number of allylic oxidation sites excluding steroid dienone is 2. The summed E-state index contributed by atoms with van der Waals surface area (Å²) < 4.78 is 61.1. The molecule has 0 heterocycles. The topological polar surface area (TPSA) is 9.23 Å². The van der Waals surface area contributed by atoms with E-state index in [0.717, 1.165) is 69.3 Å². The largest absolute Gasteiger partial charge is 0.358 e. The first-order valence-corrected chi connectivity index (χ1v) is 15.0. The molecule has 3 fully saturated rings. The first-order valence-electron chi connectivity index (χ1n) is 15.0. The Bertz CT molecular complexity index is 844. The van der Waals surface area contributed by atoms with Crippen LogP contribution in [0.15, 0.2) is 30.4 Å². The lowest BCUT2D eigenvalue weighted by atomic mass is 9.78. The minimum Gasteiger partial charge on any atom is -0.317 e. The number of ether oxygens (including phenoxy) is 1. The lowest BCUT2D eigenvalue weighted by Crippen LogP contribution is -2.38. The first kappa shape index (κ1) is 28.6. The molecule has 0 bridgehead atoms. The van der Waals surface area contributed by atoms with Gasteiger partial charge in [0.1, 0.15) is 0 Å². The molecule has 0 radical (unpaired) electrons.